The summed E-state index contributed by atoms with van der Waals surface area (Å²) in [6.07, 6.45) is 10.4. The molecule has 1 saturated heterocycles. The third-order valence-electron chi connectivity index (χ3n) is 5.29. The third kappa shape index (κ3) is 3.11. The maximum absolute atomic E-state index is 12.6. The molecule has 0 spiro atoms. The van der Waals surface area contributed by atoms with Crippen LogP contribution in [-0.2, 0) is 18.9 Å². The van der Waals surface area contributed by atoms with Gasteiger partial charge in [0.25, 0.3) is 5.91 Å². The quantitative estimate of drug-likeness (QED) is 0.867. The van der Waals surface area contributed by atoms with Crippen molar-refractivity contribution in [3.05, 3.63) is 36.4 Å². The molecule has 3 heterocycles. The SMILES string of the molecule is Cn1cnc(C(=O)NC[C@H]2CCC(=O)N(C3CC3)[C@@H]2c2nccn2C)c1. The summed E-state index contributed by atoms with van der Waals surface area (Å²) in [6, 6.07) is 0.228. The van der Waals surface area contributed by atoms with Gasteiger partial charge in [0.1, 0.15) is 11.5 Å². The Morgan fingerprint density at radius 3 is 2.69 bits per heavy atom. The first-order valence-corrected chi connectivity index (χ1v) is 9.09. The van der Waals surface area contributed by atoms with Crippen molar-refractivity contribution in [2.45, 2.75) is 37.8 Å². The molecule has 138 valence electrons. The first-order chi connectivity index (χ1) is 12.5. The van der Waals surface area contributed by atoms with Gasteiger partial charge in [-0.1, -0.05) is 0 Å². The highest BCUT2D eigenvalue weighted by atomic mass is 16.2. The second-order valence-corrected chi connectivity index (χ2v) is 7.31. The number of aromatic nitrogens is 4. The average Bonchev–Trinajstić information content (AvgIpc) is 3.22. The first-order valence-electron chi connectivity index (χ1n) is 9.09. The van der Waals surface area contributed by atoms with Crippen molar-refractivity contribution in [3.63, 3.8) is 0 Å². The fourth-order valence-corrected chi connectivity index (χ4v) is 3.82. The van der Waals surface area contributed by atoms with Gasteiger partial charge in [0.2, 0.25) is 5.91 Å². The number of aryl methyl sites for hydroxylation is 2. The molecule has 1 saturated carbocycles. The van der Waals surface area contributed by atoms with E-state index in [0.717, 1.165) is 25.1 Å². The Labute approximate surface area is 152 Å². The van der Waals surface area contributed by atoms with Crippen LogP contribution >= 0.6 is 0 Å². The first kappa shape index (κ1) is 16.8. The number of carbonyl (C=O) groups excluding carboxylic acids is 2. The van der Waals surface area contributed by atoms with Gasteiger partial charge in [0.15, 0.2) is 0 Å². The van der Waals surface area contributed by atoms with Gasteiger partial charge in [-0.3, -0.25) is 9.59 Å². The Kier molecular flexibility index (Phi) is 4.26. The zero-order chi connectivity index (χ0) is 18.3. The van der Waals surface area contributed by atoms with E-state index in [1.165, 1.54) is 0 Å². The van der Waals surface area contributed by atoms with Gasteiger partial charge in [-0.15, -0.1) is 0 Å². The Hall–Kier alpha value is -2.64. The molecule has 2 aliphatic rings. The topological polar surface area (TPSA) is 85.1 Å². The molecule has 1 N–H and O–H groups in total. The monoisotopic (exact) mass is 356 g/mol. The molecule has 2 fully saturated rings. The Morgan fingerprint density at radius 2 is 2.08 bits per heavy atom. The number of rotatable bonds is 5. The van der Waals surface area contributed by atoms with E-state index in [-0.39, 0.29) is 23.8 Å². The molecule has 0 aromatic carbocycles. The van der Waals surface area contributed by atoms with Crippen LogP contribution in [0.5, 0.6) is 0 Å². The number of carbonyl (C=O) groups is 2. The fourth-order valence-electron chi connectivity index (χ4n) is 3.82. The standard InChI is InChI=1S/C18H24N6O2/c1-22-10-14(21-11-22)18(26)20-9-12-3-6-15(25)24(13-4-5-13)16(12)17-19-7-8-23(17)2/h7-8,10-13,16H,3-6,9H2,1-2H3,(H,20,26)/t12-,16+/m1/s1. The van der Waals surface area contributed by atoms with Crippen molar-refractivity contribution in [2.75, 3.05) is 6.54 Å². The molecule has 26 heavy (non-hydrogen) atoms. The predicted octanol–water partition coefficient (Wildman–Crippen LogP) is 1.03. The number of hydrogen-bond acceptors (Lipinski definition) is 4. The van der Waals surface area contributed by atoms with Crippen molar-refractivity contribution in [3.8, 4) is 0 Å². The molecule has 0 unspecified atom stereocenters. The third-order valence-corrected chi connectivity index (χ3v) is 5.29. The number of piperidine rings is 1. The van der Waals surface area contributed by atoms with Crippen molar-refractivity contribution < 1.29 is 9.59 Å². The maximum atomic E-state index is 12.6. The number of nitrogens with one attached hydrogen (secondary N) is 1. The maximum Gasteiger partial charge on any atom is 0.271 e. The highest BCUT2D eigenvalue weighted by Crippen LogP contribution is 2.42. The number of likely N-dealkylation sites (tertiary alicyclic amines) is 1. The van der Waals surface area contributed by atoms with E-state index in [0.29, 0.717) is 24.7 Å². The van der Waals surface area contributed by atoms with Crippen LogP contribution in [-0.4, -0.2) is 48.4 Å². The van der Waals surface area contributed by atoms with Gasteiger partial charge in [-0.25, -0.2) is 9.97 Å². The molecule has 2 aromatic rings. The van der Waals surface area contributed by atoms with E-state index in [2.05, 4.69) is 15.3 Å². The number of nitrogens with zero attached hydrogens (tertiary/aromatic N) is 5. The molecular weight excluding hydrogens is 332 g/mol. The number of hydrogen-bond donors (Lipinski definition) is 1. The number of amides is 2. The molecule has 4 rings (SSSR count). The summed E-state index contributed by atoms with van der Waals surface area (Å²) in [7, 11) is 3.79. The molecular formula is C18H24N6O2. The van der Waals surface area contributed by atoms with E-state index in [1.807, 2.05) is 29.8 Å². The van der Waals surface area contributed by atoms with Crippen LogP contribution in [0.1, 0.15) is 48.0 Å². The van der Waals surface area contributed by atoms with Crippen LogP contribution in [0.2, 0.25) is 0 Å². The zero-order valence-corrected chi connectivity index (χ0v) is 15.1. The lowest BCUT2D eigenvalue weighted by Gasteiger charge is -2.41. The molecule has 8 nitrogen and oxygen atoms in total. The minimum absolute atomic E-state index is 0.0900. The lowest BCUT2D eigenvalue weighted by Crippen LogP contribution is -2.48. The van der Waals surface area contributed by atoms with Crippen molar-refractivity contribution in [1.82, 2.24) is 29.3 Å². The van der Waals surface area contributed by atoms with Gasteiger partial charge in [0.05, 0.1) is 12.4 Å². The van der Waals surface area contributed by atoms with E-state index < -0.39 is 0 Å². The number of imidazole rings is 2. The van der Waals surface area contributed by atoms with Gasteiger partial charge in [0, 0.05) is 57.6 Å². The van der Waals surface area contributed by atoms with Crippen molar-refractivity contribution in [2.24, 2.45) is 20.0 Å². The van der Waals surface area contributed by atoms with Crippen molar-refractivity contribution >= 4 is 11.8 Å². The zero-order valence-electron chi connectivity index (χ0n) is 15.1. The fraction of sp³-hybridized carbons (Fsp3) is 0.556. The van der Waals surface area contributed by atoms with E-state index in [1.54, 1.807) is 23.3 Å². The summed E-state index contributed by atoms with van der Waals surface area (Å²) in [5, 5.41) is 3.00. The summed E-state index contributed by atoms with van der Waals surface area (Å²) in [6.45, 7) is 0.503. The van der Waals surface area contributed by atoms with E-state index in [9.17, 15) is 9.59 Å². The molecule has 1 aliphatic heterocycles. The molecule has 1 aliphatic carbocycles. The summed E-state index contributed by atoms with van der Waals surface area (Å²) in [5.41, 5.74) is 0.409. The van der Waals surface area contributed by atoms with Crippen LogP contribution in [0.3, 0.4) is 0 Å². The minimum Gasteiger partial charge on any atom is -0.350 e. The molecule has 2 amide bonds. The van der Waals surface area contributed by atoms with Crippen LogP contribution in [0, 0.1) is 5.92 Å². The smallest absolute Gasteiger partial charge is 0.271 e. The molecule has 0 bridgehead atoms. The second kappa shape index (κ2) is 6.59. The lowest BCUT2D eigenvalue weighted by molar-refractivity contribution is -0.140. The van der Waals surface area contributed by atoms with Gasteiger partial charge in [-0.05, 0) is 19.3 Å². The Balaban J connectivity index is 1.54. The van der Waals surface area contributed by atoms with Crippen LogP contribution in [0.15, 0.2) is 24.9 Å². The van der Waals surface area contributed by atoms with Crippen LogP contribution < -0.4 is 5.32 Å². The molecule has 2 atom stereocenters. The largest absolute Gasteiger partial charge is 0.350 e. The normalized spacial score (nSPS) is 23.3. The molecule has 0 radical (unpaired) electrons. The highest BCUT2D eigenvalue weighted by molar-refractivity contribution is 5.92. The summed E-state index contributed by atoms with van der Waals surface area (Å²) >= 11 is 0. The highest BCUT2D eigenvalue weighted by Gasteiger charge is 2.45. The van der Waals surface area contributed by atoms with Gasteiger partial charge >= 0.3 is 0 Å². The Bertz CT molecular complexity index is 821. The summed E-state index contributed by atoms with van der Waals surface area (Å²) in [5.74, 6) is 1.05. The van der Waals surface area contributed by atoms with Crippen LogP contribution in [0.25, 0.3) is 0 Å². The predicted molar refractivity (Wildman–Crippen MR) is 94.1 cm³/mol. The Morgan fingerprint density at radius 1 is 1.27 bits per heavy atom. The van der Waals surface area contributed by atoms with Gasteiger partial charge in [-0.2, -0.15) is 0 Å². The minimum atomic E-state index is -0.181. The van der Waals surface area contributed by atoms with Gasteiger partial charge < -0.3 is 19.4 Å². The van der Waals surface area contributed by atoms with E-state index >= 15 is 0 Å². The molecule has 2 aromatic heterocycles. The second-order valence-electron chi connectivity index (χ2n) is 7.31. The van der Waals surface area contributed by atoms with Crippen LogP contribution in [0.4, 0.5) is 0 Å². The van der Waals surface area contributed by atoms with Crippen molar-refractivity contribution in [1.29, 1.82) is 0 Å². The summed E-state index contributed by atoms with van der Waals surface area (Å²) < 4.78 is 3.73. The van der Waals surface area contributed by atoms with E-state index in [4.69, 9.17) is 0 Å². The summed E-state index contributed by atoms with van der Waals surface area (Å²) in [4.78, 5) is 35.6. The average molecular weight is 356 g/mol. The molecule has 8 heteroatoms. The lowest BCUT2D eigenvalue weighted by atomic mass is 9.87.